The maximum atomic E-state index is 12.4. The van der Waals surface area contributed by atoms with Crippen LogP contribution in [0, 0.1) is 0 Å². The summed E-state index contributed by atoms with van der Waals surface area (Å²) in [4.78, 5) is 26.1. The topological polar surface area (TPSA) is 58.6 Å². The summed E-state index contributed by atoms with van der Waals surface area (Å²) < 4.78 is 5.33. The number of nitrogens with zero attached hydrogens (tertiary/aromatic N) is 1. The molecule has 0 aromatic heterocycles. The van der Waals surface area contributed by atoms with Crippen molar-refractivity contribution in [3.8, 4) is 5.75 Å². The molecule has 5 nitrogen and oxygen atoms in total. The van der Waals surface area contributed by atoms with Crippen LogP contribution in [-0.4, -0.2) is 43.3 Å². The predicted molar refractivity (Wildman–Crippen MR) is 123 cm³/mol. The van der Waals surface area contributed by atoms with Crippen molar-refractivity contribution in [3.63, 3.8) is 0 Å². The number of halogens is 2. The van der Waals surface area contributed by atoms with Crippen molar-refractivity contribution in [1.29, 1.82) is 0 Å². The number of likely N-dealkylation sites (N-methyl/N-ethyl adjacent to an activating group) is 1. The van der Waals surface area contributed by atoms with Crippen molar-refractivity contribution in [2.75, 3.05) is 32.1 Å². The van der Waals surface area contributed by atoms with Gasteiger partial charge in [0.15, 0.2) is 12.4 Å². The lowest BCUT2D eigenvalue weighted by atomic mass is 10.0. The van der Waals surface area contributed by atoms with Gasteiger partial charge in [-0.15, -0.1) is 12.4 Å². The van der Waals surface area contributed by atoms with Gasteiger partial charge in [-0.1, -0.05) is 36.2 Å². The van der Waals surface area contributed by atoms with Gasteiger partial charge in [-0.2, -0.15) is 0 Å². The number of hydrogen-bond donors (Lipinski definition) is 1. The molecule has 3 rings (SSSR count). The van der Waals surface area contributed by atoms with E-state index in [0.717, 1.165) is 43.8 Å². The van der Waals surface area contributed by atoms with Crippen LogP contribution in [0.1, 0.15) is 41.6 Å². The molecule has 1 heterocycles. The Morgan fingerprint density at radius 1 is 1.13 bits per heavy atom. The molecule has 0 radical (unpaired) electrons. The molecule has 1 amide bonds. The standard InChI is InChI=1S/C23H27ClN2O3.ClH/c1-26(14-12-17-7-4-5-8-19(17)24)13-6-2-3-9-21(27)18-10-11-22-20(15-18)25-23(28)16-29-22;/h4-5,7-8,10-11,15H,2-3,6,9,12-14,16H2,1H3,(H,25,28);1H. The van der Waals surface area contributed by atoms with Crippen molar-refractivity contribution in [2.24, 2.45) is 0 Å². The molecule has 0 saturated heterocycles. The lowest BCUT2D eigenvalue weighted by Gasteiger charge is -2.18. The van der Waals surface area contributed by atoms with E-state index < -0.39 is 0 Å². The SMILES string of the molecule is CN(CCCCCC(=O)c1ccc2c(c1)NC(=O)CO2)CCc1ccccc1Cl.Cl. The molecule has 0 bridgehead atoms. The number of fused-ring (bicyclic) bond motifs is 1. The number of ether oxygens (including phenoxy) is 1. The number of rotatable bonds is 10. The molecule has 0 saturated carbocycles. The molecule has 1 aliphatic heterocycles. The van der Waals surface area contributed by atoms with Gasteiger partial charge in [0.05, 0.1) is 5.69 Å². The molecule has 0 aliphatic carbocycles. The zero-order valence-electron chi connectivity index (χ0n) is 17.2. The number of carbonyl (C=O) groups excluding carboxylic acids is 2. The highest BCUT2D eigenvalue weighted by Crippen LogP contribution is 2.29. The van der Waals surface area contributed by atoms with Gasteiger partial charge in [-0.05, 0) is 62.7 Å². The van der Waals surface area contributed by atoms with Crippen molar-refractivity contribution in [2.45, 2.75) is 32.1 Å². The summed E-state index contributed by atoms with van der Waals surface area (Å²) in [5.41, 5.74) is 2.37. The summed E-state index contributed by atoms with van der Waals surface area (Å²) in [6.07, 6.45) is 4.37. The number of nitrogens with one attached hydrogen (secondary N) is 1. The second-order valence-corrected chi connectivity index (χ2v) is 7.83. The van der Waals surface area contributed by atoms with Crippen LogP contribution in [0.15, 0.2) is 42.5 Å². The molecule has 0 atom stereocenters. The molecule has 1 aliphatic rings. The minimum atomic E-state index is -0.194. The Kier molecular flexibility index (Phi) is 9.63. The first-order chi connectivity index (χ1) is 14.0. The van der Waals surface area contributed by atoms with E-state index in [0.29, 0.717) is 23.4 Å². The smallest absolute Gasteiger partial charge is 0.262 e. The lowest BCUT2D eigenvalue weighted by Crippen LogP contribution is -2.25. The van der Waals surface area contributed by atoms with Gasteiger partial charge in [0, 0.05) is 23.6 Å². The second kappa shape index (κ2) is 11.9. The van der Waals surface area contributed by atoms with Crippen LogP contribution in [-0.2, 0) is 11.2 Å². The van der Waals surface area contributed by atoms with Gasteiger partial charge >= 0.3 is 0 Å². The third-order valence-corrected chi connectivity index (χ3v) is 5.47. The van der Waals surface area contributed by atoms with Gasteiger partial charge in [0.1, 0.15) is 5.75 Å². The third-order valence-electron chi connectivity index (χ3n) is 5.10. The fourth-order valence-corrected chi connectivity index (χ4v) is 3.60. The number of anilines is 1. The quantitative estimate of drug-likeness (QED) is 0.408. The van der Waals surface area contributed by atoms with E-state index in [-0.39, 0.29) is 30.7 Å². The third kappa shape index (κ3) is 7.01. The summed E-state index contributed by atoms with van der Waals surface area (Å²) in [6.45, 7) is 1.99. The van der Waals surface area contributed by atoms with Crippen molar-refractivity contribution >= 4 is 41.4 Å². The zero-order chi connectivity index (χ0) is 20.6. The van der Waals surface area contributed by atoms with Crippen molar-refractivity contribution < 1.29 is 14.3 Å². The van der Waals surface area contributed by atoms with Crippen LogP contribution in [0.25, 0.3) is 0 Å². The molecule has 7 heteroatoms. The van der Waals surface area contributed by atoms with Gasteiger partial charge in [-0.3, -0.25) is 9.59 Å². The Bertz CT molecular complexity index is 873. The number of Topliss-reactive ketones (excluding diaryl/α,β-unsaturated/α-hetero) is 1. The number of unbranched alkanes of at least 4 members (excludes halogenated alkanes) is 2. The van der Waals surface area contributed by atoms with E-state index >= 15 is 0 Å². The average molecular weight is 451 g/mol. The molecule has 2 aromatic carbocycles. The van der Waals surface area contributed by atoms with Crippen LogP contribution in [0.4, 0.5) is 5.69 Å². The van der Waals surface area contributed by atoms with Crippen molar-refractivity contribution in [1.82, 2.24) is 4.90 Å². The van der Waals surface area contributed by atoms with Crippen LogP contribution < -0.4 is 10.1 Å². The van der Waals surface area contributed by atoms with Crippen molar-refractivity contribution in [3.05, 3.63) is 58.6 Å². The molecule has 0 spiro atoms. The number of ketones is 1. The summed E-state index contributed by atoms with van der Waals surface area (Å²) in [7, 11) is 2.12. The fraction of sp³-hybridized carbons (Fsp3) is 0.391. The van der Waals surface area contributed by atoms with Crippen LogP contribution in [0.3, 0.4) is 0 Å². The molecular weight excluding hydrogens is 423 g/mol. The highest BCUT2D eigenvalue weighted by atomic mass is 35.5. The molecule has 1 N–H and O–H groups in total. The zero-order valence-corrected chi connectivity index (χ0v) is 18.7. The average Bonchev–Trinajstić information content (AvgIpc) is 2.72. The highest BCUT2D eigenvalue weighted by molar-refractivity contribution is 6.31. The number of amides is 1. The maximum Gasteiger partial charge on any atom is 0.262 e. The highest BCUT2D eigenvalue weighted by Gasteiger charge is 2.17. The maximum absolute atomic E-state index is 12.4. The number of carbonyl (C=O) groups is 2. The van der Waals surface area contributed by atoms with E-state index in [2.05, 4.69) is 23.3 Å². The van der Waals surface area contributed by atoms with E-state index in [1.807, 2.05) is 18.2 Å². The van der Waals surface area contributed by atoms with E-state index in [1.165, 1.54) is 5.56 Å². The Hall–Kier alpha value is -2.08. The van der Waals surface area contributed by atoms with Gasteiger partial charge < -0.3 is 15.0 Å². The summed E-state index contributed by atoms with van der Waals surface area (Å²) >= 11 is 6.20. The van der Waals surface area contributed by atoms with E-state index in [9.17, 15) is 9.59 Å². The molecule has 2 aromatic rings. The van der Waals surface area contributed by atoms with Gasteiger partial charge in [0.2, 0.25) is 0 Å². The molecular formula is C23H28Cl2N2O3. The Balaban J connectivity index is 0.00000320. The van der Waals surface area contributed by atoms with Gasteiger partial charge in [0.25, 0.3) is 5.91 Å². The number of benzene rings is 2. The first kappa shape index (κ1) is 24.2. The van der Waals surface area contributed by atoms with Gasteiger partial charge in [-0.25, -0.2) is 0 Å². The lowest BCUT2D eigenvalue weighted by molar-refractivity contribution is -0.118. The molecule has 0 fully saturated rings. The first-order valence-electron chi connectivity index (χ1n) is 10.0. The minimum absolute atomic E-state index is 0. The molecule has 162 valence electrons. The monoisotopic (exact) mass is 450 g/mol. The Morgan fingerprint density at radius 3 is 2.73 bits per heavy atom. The second-order valence-electron chi connectivity index (χ2n) is 7.43. The Morgan fingerprint density at radius 2 is 1.93 bits per heavy atom. The number of hydrogen-bond acceptors (Lipinski definition) is 4. The fourth-order valence-electron chi connectivity index (χ4n) is 3.37. The van der Waals surface area contributed by atoms with Crippen LogP contribution in [0.2, 0.25) is 5.02 Å². The normalized spacial score (nSPS) is 12.6. The van der Waals surface area contributed by atoms with E-state index in [4.69, 9.17) is 16.3 Å². The summed E-state index contributed by atoms with van der Waals surface area (Å²) in [5, 5.41) is 3.57. The molecule has 30 heavy (non-hydrogen) atoms. The first-order valence-corrected chi connectivity index (χ1v) is 10.4. The van der Waals surface area contributed by atoms with Crippen LogP contribution >= 0.6 is 24.0 Å². The molecule has 0 unspecified atom stereocenters. The van der Waals surface area contributed by atoms with E-state index in [1.54, 1.807) is 18.2 Å². The van der Waals surface area contributed by atoms with Crippen LogP contribution in [0.5, 0.6) is 5.75 Å². The largest absolute Gasteiger partial charge is 0.482 e. The summed E-state index contributed by atoms with van der Waals surface area (Å²) in [5.74, 6) is 0.515. The predicted octanol–water partition coefficient (Wildman–Crippen LogP) is 5.01. The minimum Gasteiger partial charge on any atom is -0.482 e. The summed E-state index contributed by atoms with van der Waals surface area (Å²) in [6, 6.07) is 13.2. The Labute approximate surface area is 189 Å².